The zero-order valence-corrected chi connectivity index (χ0v) is 11.4. The highest BCUT2D eigenvalue weighted by Gasteiger charge is 2.13. The van der Waals surface area contributed by atoms with E-state index in [1.165, 1.54) is 22.8 Å². The van der Waals surface area contributed by atoms with E-state index in [1.54, 1.807) is 6.92 Å². The molecule has 0 radical (unpaired) electrons. The van der Waals surface area contributed by atoms with Gasteiger partial charge in [0.2, 0.25) is 0 Å². The number of fused-ring (bicyclic) bond motifs is 1. The van der Waals surface area contributed by atoms with Crippen LogP contribution >= 0.6 is 10.7 Å². The molecular formula is C11H11ClN2O3S. The molecule has 0 N–H and O–H groups in total. The zero-order valence-electron chi connectivity index (χ0n) is 9.84. The fourth-order valence-corrected chi connectivity index (χ4v) is 2.61. The molecule has 0 bridgehead atoms. The first-order valence-corrected chi connectivity index (χ1v) is 7.61. The first kappa shape index (κ1) is 13.0. The number of halogens is 1. The summed E-state index contributed by atoms with van der Waals surface area (Å²) in [6.07, 6.45) is 0. The zero-order chi connectivity index (χ0) is 13.5. The van der Waals surface area contributed by atoms with Crippen LogP contribution in [0.3, 0.4) is 0 Å². The quantitative estimate of drug-likeness (QED) is 0.787. The Hall–Kier alpha value is -1.40. The summed E-state index contributed by atoms with van der Waals surface area (Å²) >= 11 is 0. The maximum absolute atomic E-state index is 12.1. The van der Waals surface area contributed by atoms with Crippen LogP contribution in [0.15, 0.2) is 27.9 Å². The molecule has 0 atom stereocenters. The van der Waals surface area contributed by atoms with E-state index >= 15 is 0 Å². The van der Waals surface area contributed by atoms with Crippen LogP contribution in [-0.2, 0) is 15.6 Å². The highest BCUT2D eigenvalue weighted by atomic mass is 35.7. The van der Waals surface area contributed by atoms with Crippen molar-refractivity contribution in [2.45, 2.75) is 25.3 Å². The van der Waals surface area contributed by atoms with E-state index in [-0.39, 0.29) is 15.8 Å². The molecule has 0 saturated carbocycles. The Morgan fingerprint density at radius 3 is 2.61 bits per heavy atom. The van der Waals surface area contributed by atoms with Gasteiger partial charge in [-0.15, -0.1) is 0 Å². The second-order valence-electron chi connectivity index (χ2n) is 3.83. The number of benzene rings is 1. The minimum atomic E-state index is -3.84. The van der Waals surface area contributed by atoms with Crippen LogP contribution in [0.1, 0.15) is 12.7 Å². The van der Waals surface area contributed by atoms with E-state index in [2.05, 4.69) is 4.98 Å². The molecule has 2 rings (SSSR count). The third-order valence-corrected chi connectivity index (χ3v) is 4.07. The van der Waals surface area contributed by atoms with Gasteiger partial charge in [0.15, 0.2) is 0 Å². The van der Waals surface area contributed by atoms with E-state index in [0.29, 0.717) is 17.9 Å². The minimum absolute atomic E-state index is 0.0953. The van der Waals surface area contributed by atoms with Crippen LogP contribution in [0.25, 0.3) is 10.9 Å². The lowest BCUT2D eigenvalue weighted by molar-refractivity contribution is 0.609. The molecule has 2 aromatic rings. The molecule has 0 amide bonds. The number of aromatic nitrogens is 2. The highest BCUT2D eigenvalue weighted by Crippen LogP contribution is 2.18. The number of nitrogens with zero attached hydrogens (tertiary/aromatic N) is 2. The Kier molecular flexibility index (Phi) is 3.16. The summed E-state index contributed by atoms with van der Waals surface area (Å²) in [4.78, 5) is 16.3. The predicted molar refractivity (Wildman–Crippen MR) is 69.5 cm³/mol. The normalized spacial score (nSPS) is 11.9. The fraction of sp³-hybridized carbons (Fsp3) is 0.273. The van der Waals surface area contributed by atoms with Crippen molar-refractivity contribution in [3.63, 3.8) is 0 Å². The van der Waals surface area contributed by atoms with Gasteiger partial charge in [-0.3, -0.25) is 9.36 Å². The molecule has 0 spiro atoms. The molecule has 0 aliphatic heterocycles. The summed E-state index contributed by atoms with van der Waals surface area (Å²) in [5, 5.41) is 0.254. The van der Waals surface area contributed by atoms with Crippen molar-refractivity contribution in [3.8, 4) is 0 Å². The van der Waals surface area contributed by atoms with Crippen LogP contribution in [-0.4, -0.2) is 18.0 Å². The second kappa shape index (κ2) is 4.37. The van der Waals surface area contributed by atoms with Gasteiger partial charge in [0.05, 0.1) is 15.8 Å². The van der Waals surface area contributed by atoms with Crippen LogP contribution in [0.2, 0.25) is 0 Å². The number of hydrogen-bond acceptors (Lipinski definition) is 4. The summed E-state index contributed by atoms with van der Waals surface area (Å²) in [6.45, 7) is 4.03. The molecule has 0 aliphatic rings. The molecule has 7 heteroatoms. The van der Waals surface area contributed by atoms with Crippen molar-refractivity contribution in [2.75, 3.05) is 0 Å². The Morgan fingerprint density at radius 2 is 2.06 bits per heavy atom. The molecule has 0 unspecified atom stereocenters. The monoisotopic (exact) mass is 286 g/mol. The molecule has 0 saturated heterocycles. The van der Waals surface area contributed by atoms with E-state index in [1.807, 2.05) is 6.92 Å². The van der Waals surface area contributed by atoms with E-state index in [4.69, 9.17) is 10.7 Å². The second-order valence-corrected chi connectivity index (χ2v) is 6.39. The topological polar surface area (TPSA) is 69.0 Å². The van der Waals surface area contributed by atoms with Gasteiger partial charge < -0.3 is 0 Å². The van der Waals surface area contributed by atoms with Gasteiger partial charge in [-0.25, -0.2) is 13.4 Å². The first-order chi connectivity index (χ1) is 8.34. The molecule has 96 valence electrons. The molecule has 1 aromatic heterocycles. The van der Waals surface area contributed by atoms with Crippen LogP contribution < -0.4 is 5.56 Å². The van der Waals surface area contributed by atoms with Gasteiger partial charge in [-0.2, -0.15) is 0 Å². The van der Waals surface area contributed by atoms with Crippen molar-refractivity contribution in [2.24, 2.45) is 0 Å². The summed E-state index contributed by atoms with van der Waals surface area (Å²) in [7, 11) is 1.41. The van der Waals surface area contributed by atoms with Crippen LogP contribution in [0.5, 0.6) is 0 Å². The summed E-state index contributed by atoms with van der Waals surface area (Å²) in [5.41, 5.74) is 0.202. The van der Waals surface area contributed by atoms with Gasteiger partial charge in [0.25, 0.3) is 14.6 Å². The maximum atomic E-state index is 12.1. The number of aryl methyl sites for hydroxylation is 1. The summed E-state index contributed by atoms with van der Waals surface area (Å²) in [5.74, 6) is 0.594. The van der Waals surface area contributed by atoms with Crippen molar-refractivity contribution >= 4 is 30.6 Å². The van der Waals surface area contributed by atoms with Crippen molar-refractivity contribution in [1.82, 2.24) is 9.55 Å². The molecule has 1 aromatic carbocycles. The fourth-order valence-electron chi connectivity index (χ4n) is 1.84. The molecule has 5 nitrogen and oxygen atoms in total. The average Bonchev–Trinajstić information content (AvgIpc) is 2.27. The van der Waals surface area contributed by atoms with Crippen molar-refractivity contribution in [3.05, 3.63) is 34.4 Å². The van der Waals surface area contributed by atoms with E-state index in [9.17, 15) is 13.2 Å². The molecule has 1 heterocycles. The van der Waals surface area contributed by atoms with Gasteiger partial charge in [0.1, 0.15) is 5.82 Å². The Labute approximate surface area is 108 Å². The molecule has 18 heavy (non-hydrogen) atoms. The lowest BCUT2D eigenvalue weighted by Gasteiger charge is -2.08. The molecule has 0 fully saturated rings. The van der Waals surface area contributed by atoms with Gasteiger partial charge in [0, 0.05) is 17.2 Å². The Balaban J connectivity index is 2.90. The molecule has 0 aliphatic carbocycles. The summed E-state index contributed by atoms with van der Waals surface area (Å²) in [6, 6.07) is 4.09. The third-order valence-electron chi connectivity index (χ3n) is 2.71. The van der Waals surface area contributed by atoms with E-state index < -0.39 is 9.05 Å². The lowest BCUT2D eigenvalue weighted by atomic mass is 10.2. The SMILES string of the molecule is CCn1c(C)nc2ccc(S(=O)(=O)Cl)cc2c1=O. The predicted octanol–water partition coefficient (Wildman–Crippen LogP) is 1.65. The highest BCUT2D eigenvalue weighted by molar-refractivity contribution is 8.13. The van der Waals surface area contributed by atoms with Gasteiger partial charge in [-0.1, -0.05) is 0 Å². The smallest absolute Gasteiger partial charge is 0.261 e. The number of hydrogen-bond donors (Lipinski definition) is 0. The lowest BCUT2D eigenvalue weighted by Crippen LogP contribution is -2.23. The van der Waals surface area contributed by atoms with Crippen molar-refractivity contribution in [1.29, 1.82) is 0 Å². The number of rotatable bonds is 2. The molecular weight excluding hydrogens is 276 g/mol. The Bertz CT molecular complexity index is 781. The van der Waals surface area contributed by atoms with E-state index in [0.717, 1.165) is 0 Å². The van der Waals surface area contributed by atoms with Crippen LogP contribution in [0.4, 0.5) is 0 Å². The maximum Gasteiger partial charge on any atom is 0.261 e. The largest absolute Gasteiger partial charge is 0.297 e. The van der Waals surface area contributed by atoms with Gasteiger partial charge >= 0.3 is 0 Å². The first-order valence-electron chi connectivity index (χ1n) is 5.30. The van der Waals surface area contributed by atoms with Gasteiger partial charge in [-0.05, 0) is 32.0 Å². The van der Waals surface area contributed by atoms with Crippen LogP contribution in [0, 0.1) is 6.92 Å². The van der Waals surface area contributed by atoms with Crippen molar-refractivity contribution < 1.29 is 8.42 Å². The standard InChI is InChI=1S/C11H11ClN2O3S/c1-3-14-7(2)13-10-5-4-8(18(12,16)17)6-9(10)11(14)15/h4-6H,3H2,1-2H3. The summed E-state index contributed by atoms with van der Waals surface area (Å²) < 4.78 is 24.0. The minimum Gasteiger partial charge on any atom is -0.297 e. The third kappa shape index (κ3) is 2.13. The Morgan fingerprint density at radius 1 is 1.39 bits per heavy atom. The average molecular weight is 287 g/mol.